The molecule has 3 heterocycles. The average molecular weight is 466 g/mol. The fraction of sp³-hybridized carbons (Fsp3) is 0.375. The van der Waals surface area contributed by atoms with Gasteiger partial charge in [0, 0.05) is 19.6 Å². The monoisotopic (exact) mass is 465 g/mol. The molecule has 0 amide bonds. The number of benzene rings is 2. The van der Waals surface area contributed by atoms with Gasteiger partial charge in [0.05, 0.1) is 39.7 Å². The highest BCUT2D eigenvalue weighted by Crippen LogP contribution is 2.25. The number of sulfonamides is 1. The number of hydrogen-bond acceptors (Lipinski definition) is 5. The normalized spacial score (nSPS) is 15.5. The summed E-state index contributed by atoms with van der Waals surface area (Å²) >= 11 is 0. The first-order valence-corrected chi connectivity index (χ1v) is 12.8. The lowest BCUT2D eigenvalue weighted by atomic mass is 10.2. The average Bonchev–Trinajstić information content (AvgIpc) is 3.18. The Labute approximate surface area is 192 Å². The number of imidazole rings is 1. The second kappa shape index (κ2) is 8.39. The Hall–Kier alpha value is -3.04. The fourth-order valence-corrected chi connectivity index (χ4v) is 6.12. The minimum Gasteiger partial charge on any atom is -0.327 e. The van der Waals surface area contributed by atoms with Gasteiger partial charge >= 0.3 is 0 Å². The summed E-state index contributed by atoms with van der Waals surface area (Å²) in [4.78, 5) is 22.5. The summed E-state index contributed by atoms with van der Waals surface area (Å²) in [6.45, 7) is 5.99. The van der Waals surface area contributed by atoms with Crippen molar-refractivity contribution in [3.8, 4) is 0 Å². The molecule has 4 aromatic rings. The molecule has 1 saturated heterocycles. The van der Waals surface area contributed by atoms with Crippen molar-refractivity contribution in [2.24, 2.45) is 0 Å². The number of fused-ring (bicyclic) bond motifs is 2. The van der Waals surface area contributed by atoms with Crippen LogP contribution in [0.1, 0.15) is 37.6 Å². The van der Waals surface area contributed by atoms with Crippen LogP contribution in [0.4, 0.5) is 0 Å². The molecule has 0 atom stereocenters. The van der Waals surface area contributed by atoms with E-state index in [1.165, 1.54) is 0 Å². The first kappa shape index (κ1) is 21.8. The summed E-state index contributed by atoms with van der Waals surface area (Å²) in [5.74, 6) is 0.691. The lowest BCUT2D eigenvalue weighted by Gasteiger charge is -2.25. The summed E-state index contributed by atoms with van der Waals surface area (Å²) < 4.78 is 31.4. The first-order chi connectivity index (χ1) is 15.9. The van der Waals surface area contributed by atoms with Gasteiger partial charge in [0.25, 0.3) is 5.56 Å². The number of nitrogens with zero attached hydrogens (tertiary/aromatic N) is 5. The number of rotatable bonds is 5. The Morgan fingerprint density at radius 2 is 1.79 bits per heavy atom. The molecule has 8 nitrogen and oxygen atoms in total. The summed E-state index contributed by atoms with van der Waals surface area (Å²) in [7, 11) is -3.54. The Balaban J connectivity index is 1.55. The SMILES string of the molecule is CCn1c(Cn2cnc3ccc(C)cc3c2=O)nc2cc(S(=O)(=O)N3CCCCC3)ccc21. The molecule has 0 spiro atoms. The zero-order valence-corrected chi connectivity index (χ0v) is 19.7. The molecular weight excluding hydrogens is 438 g/mol. The summed E-state index contributed by atoms with van der Waals surface area (Å²) in [6, 6.07) is 10.8. The van der Waals surface area contributed by atoms with Crippen molar-refractivity contribution in [3.63, 3.8) is 0 Å². The van der Waals surface area contributed by atoms with Crippen molar-refractivity contribution in [2.75, 3.05) is 13.1 Å². The van der Waals surface area contributed by atoms with Gasteiger partial charge in [-0.3, -0.25) is 9.36 Å². The number of aryl methyl sites for hydroxylation is 2. The predicted molar refractivity (Wildman–Crippen MR) is 128 cm³/mol. The van der Waals surface area contributed by atoms with Gasteiger partial charge in [-0.1, -0.05) is 18.1 Å². The highest BCUT2D eigenvalue weighted by atomic mass is 32.2. The van der Waals surface area contributed by atoms with Gasteiger partial charge in [-0.05, 0) is 57.0 Å². The van der Waals surface area contributed by atoms with Crippen LogP contribution in [0.15, 0.2) is 52.4 Å². The molecule has 0 radical (unpaired) electrons. The summed E-state index contributed by atoms with van der Waals surface area (Å²) in [5, 5.41) is 0.576. The van der Waals surface area contributed by atoms with Crippen LogP contribution >= 0.6 is 0 Å². The molecule has 2 aromatic carbocycles. The van der Waals surface area contributed by atoms with Crippen molar-refractivity contribution >= 4 is 32.0 Å². The van der Waals surface area contributed by atoms with E-state index < -0.39 is 10.0 Å². The molecule has 9 heteroatoms. The van der Waals surface area contributed by atoms with Gasteiger partial charge < -0.3 is 4.57 Å². The lowest BCUT2D eigenvalue weighted by Crippen LogP contribution is -2.35. The van der Waals surface area contributed by atoms with Gasteiger partial charge in [-0.15, -0.1) is 0 Å². The quantitative estimate of drug-likeness (QED) is 0.451. The third-order valence-corrected chi connectivity index (χ3v) is 8.25. The van der Waals surface area contributed by atoms with Crippen molar-refractivity contribution in [3.05, 3.63) is 64.5 Å². The smallest absolute Gasteiger partial charge is 0.261 e. The largest absolute Gasteiger partial charge is 0.327 e. The highest BCUT2D eigenvalue weighted by molar-refractivity contribution is 7.89. The molecule has 0 bridgehead atoms. The molecule has 0 unspecified atom stereocenters. The van der Waals surface area contributed by atoms with E-state index in [1.54, 1.807) is 27.3 Å². The van der Waals surface area contributed by atoms with Crippen LogP contribution in [0.5, 0.6) is 0 Å². The van der Waals surface area contributed by atoms with Gasteiger partial charge in [0.2, 0.25) is 10.0 Å². The number of piperidine rings is 1. The molecule has 0 aliphatic carbocycles. The van der Waals surface area contributed by atoms with E-state index in [2.05, 4.69) is 4.98 Å². The lowest BCUT2D eigenvalue weighted by molar-refractivity contribution is 0.346. The van der Waals surface area contributed by atoms with Crippen molar-refractivity contribution in [2.45, 2.75) is 51.1 Å². The van der Waals surface area contributed by atoms with Crippen molar-refractivity contribution in [1.29, 1.82) is 0 Å². The summed E-state index contributed by atoms with van der Waals surface area (Å²) in [5.41, 5.74) is 3.01. The minimum absolute atomic E-state index is 0.119. The second-order valence-corrected chi connectivity index (χ2v) is 10.5. The van der Waals surface area contributed by atoms with Crippen LogP contribution in [-0.4, -0.2) is 44.9 Å². The van der Waals surface area contributed by atoms with Gasteiger partial charge in [-0.25, -0.2) is 18.4 Å². The highest BCUT2D eigenvalue weighted by Gasteiger charge is 2.26. The Morgan fingerprint density at radius 1 is 1.00 bits per heavy atom. The molecule has 2 aromatic heterocycles. The predicted octanol–water partition coefficient (Wildman–Crippen LogP) is 3.30. The number of aromatic nitrogens is 4. The van der Waals surface area contributed by atoms with E-state index in [0.717, 1.165) is 30.3 Å². The molecule has 33 heavy (non-hydrogen) atoms. The maximum Gasteiger partial charge on any atom is 0.261 e. The molecule has 1 aliphatic rings. The van der Waals surface area contributed by atoms with Crippen LogP contribution in [0, 0.1) is 6.92 Å². The van der Waals surface area contributed by atoms with Crippen molar-refractivity contribution in [1.82, 2.24) is 23.4 Å². The Kier molecular flexibility index (Phi) is 5.54. The fourth-order valence-electron chi connectivity index (χ4n) is 4.59. The Bertz CT molecular complexity index is 1510. The van der Waals surface area contributed by atoms with E-state index in [4.69, 9.17) is 4.98 Å². The van der Waals surface area contributed by atoms with E-state index in [1.807, 2.05) is 42.7 Å². The zero-order chi connectivity index (χ0) is 23.2. The molecule has 172 valence electrons. The van der Waals surface area contributed by atoms with Crippen LogP contribution in [0.2, 0.25) is 0 Å². The zero-order valence-electron chi connectivity index (χ0n) is 18.9. The van der Waals surface area contributed by atoms with Crippen molar-refractivity contribution < 1.29 is 8.42 Å². The van der Waals surface area contributed by atoms with Gasteiger partial charge in [-0.2, -0.15) is 4.31 Å². The van der Waals surface area contributed by atoms with E-state index in [0.29, 0.717) is 41.9 Å². The molecule has 1 fully saturated rings. The van der Waals surface area contributed by atoms with Crippen LogP contribution in [0.3, 0.4) is 0 Å². The molecule has 0 N–H and O–H groups in total. The van der Waals surface area contributed by atoms with E-state index in [-0.39, 0.29) is 17.0 Å². The maximum absolute atomic E-state index is 13.1. The molecule has 1 aliphatic heterocycles. The molecule has 0 saturated carbocycles. The second-order valence-electron chi connectivity index (χ2n) is 8.59. The van der Waals surface area contributed by atoms with Gasteiger partial charge in [0.1, 0.15) is 5.82 Å². The standard InChI is InChI=1S/C24H27N5O3S/c1-3-29-22-10-8-18(33(31,32)28-11-5-4-6-12-28)14-21(22)26-23(29)15-27-16-25-20-9-7-17(2)13-19(20)24(27)30/h7-10,13-14,16H,3-6,11-12,15H2,1-2H3. The Morgan fingerprint density at radius 3 is 2.55 bits per heavy atom. The van der Waals surface area contributed by atoms with Crippen LogP contribution in [-0.2, 0) is 23.1 Å². The van der Waals surface area contributed by atoms with E-state index >= 15 is 0 Å². The topological polar surface area (TPSA) is 90.1 Å². The third kappa shape index (κ3) is 3.85. The first-order valence-electron chi connectivity index (χ1n) is 11.3. The van der Waals surface area contributed by atoms with Crippen LogP contribution < -0.4 is 5.56 Å². The number of hydrogen-bond donors (Lipinski definition) is 0. The minimum atomic E-state index is -3.54. The van der Waals surface area contributed by atoms with E-state index in [9.17, 15) is 13.2 Å². The molecular formula is C24H27N5O3S. The molecule has 5 rings (SSSR count). The summed E-state index contributed by atoms with van der Waals surface area (Å²) in [6.07, 6.45) is 4.40. The van der Waals surface area contributed by atoms with Gasteiger partial charge in [0.15, 0.2) is 0 Å². The third-order valence-electron chi connectivity index (χ3n) is 6.36. The van der Waals surface area contributed by atoms with Crippen LogP contribution in [0.25, 0.3) is 21.9 Å². The maximum atomic E-state index is 13.1.